The molecular formula is C25H25N3O. The van der Waals surface area contributed by atoms with Crippen molar-refractivity contribution < 1.29 is 4.79 Å². The lowest BCUT2D eigenvalue weighted by atomic mass is 9.73. The summed E-state index contributed by atoms with van der Waals surface area (Å²) < 4.78 is 1.99. The van der Waals surface area contributed by atoms with Crippen LogP contribution in [0.5, 0.6) is 0 Å². The third-order valence-corrected chi connectivity index (χ3v) is 5.92. The molecule has 146 valence electrons. The second kappa shape index (κ2) is 6.45. The number of aromatic nitrogens is 2. The van der Waals surface area contributed by atoms with Crippen LogP contribution in [0.3, 0.4) is 0 Å². The summed E-state index contributed by atoms with van der Waals surface area (Å²) in [5.41, 5.74) is 6.17. The van der Waals surface area contributed by atoms with Gasteiger partial charge in [-0.15, -0.1) is 0 Å². The predicted octanol–water partition coefficient (Wildman–Crippen LogP) is 5.52. The van der Waals surface area contributed by atoms with E-state index in [1.54, 1.807) is 0 Å². The molecule has 1 aromatic heterocycles. The van der Waals surface area contributed by atoms with E-state index in [9.17, 15) is 4.79 Å². The van der Waals surface area contributed by atoms with Crippen molar-refractivity contribution in [3.63, 3.8) is 0 Å². The summed E-state index contributed by atoms with van der Waals surface area (Å²) in [5, 5.41) is 8.48. The minimum absolute atomic E-state index is 0.0365. The number of hydrogen-bond acceptors (Lipinski definition) is 3. The van der Waals surface area contributed by atoms with Gasteiger partial charge in [0.1, 0.15) is 11.9 Å². The van der Waals surface area contributed by atoms with Gasteiger partial charge in [-0.05, 0) is 24.3 Å². The zero-order valence-corrected chi connectivity index (χ0v) is 17.1. The Bertz CT molecular complexity index is 1120. The molecule has 0 unspecified atom stereocenters. The maximum absolute atomic E-state index is 13.2. The molecule has 5 rings (SSSR count). The molecular weight excluding hydrogens is 358 g/mol. The molecule has 29 heavy (non-hydrogen) atoms. The molecule has 0 saturated carbocycles. The van der Waals surface area contributed by atoms with Crippen molar-refractivity contribution in [1.82, 2.24) is 9.78 Å². The number of carbonyl (C=O) groups excluding carboxylic acids is 1. The summed E-state index contributed by atoms with van der Waals surface area (Å²) in [6.45, 7) is 6.41. The lowest BCUT2D eigenvalue weighted by Crippen LogP contribution is -2.36. The number of aryl methyl sites for hydroxylation is 1. The van der Waals surface area contributed by atoms with Crippen LogP contribution in [-0.4, -0.2) is 15.6 Å². The molecule has 3 aromatic rings. The van der Waals surface area contributed by atoms with Crippen LogP contribution in [0.25, 0.3) is 11.3 Å². The third kappa shape index (κ3) is 3.09. The van der Waals surface area contributed by atoms with E-state index in [1.807, 2.05) is 22.9 Å². The number of benzene rings is 2. The zero-order valence-electron chi connectivity index (χ0n) is 17.1. The Hall–Kier alpha value is -3.14. The first-order valence-electron chi connectivity index (χ1n) is 10.2. The molecule has 0 amide bonds. The largest absolute Gasteiger partial charge is 0.343 e. The van der Waals surface area contributed by atoms with Crippen molar-refractivity contribution >= 4 is 11.6 Å². The maximum atomic E-state index is 13.2. The van der Waals surface area contributed by atoms with Crippen molar-refractivity contribution in [2.24, 2.45) is 5.41 Å². The van der Waals surface area contributed by atoms with Crippen molar-refractivity contribution in [3.8, 4) is 11.3 Å². The number of rotatable bonds is 2. The second-order valence-corrected chi connectivity index (χ2v) is 9.00. The van der Waals surface area contributed by atoms with Gasteiger partial charge in [0.2, 0.25) is 0 Å². The molecule has 0 radical (unpaired) electrons. The average Bonchev–Trinajstić information content (AvgIpc) is 3.10. The van der Waals surface area contributed by atoms with E-state index in [4.69, 9.17) is 5.10 Å². The molecule has 1 aliphatic carbocycles. The summed E-state index contributed by atoms with van der Waals surface area (Å²) in [6, 6.07) is 20.5. The van der Waals surface area contributed by atoms with Gasteiger partial charge in [-0.25, -0.2) is 4.68 Å². The fraction of sp³-hybridized carbons (Fsp3) is 0.280. The van der Waals surface area contributed by atoms with Crippen molar-refractivity contribution in [1.29, 1.82) is 0 Å². The monoisotopic (exact) mass is 383 g/mol. The highest BCUT2D eigenvalue weighted by Crippen LogP contribution is 2.46. The van der Waals surface area contributed by atoms with E-state index < -0.39 is 0 Å². The summed E-state index contributed by atoms with van der Waals surface area (Å²) >= 11 is 0. The Morgan fingerprint density at radius 3 is 2.48 bits per heavy atom. The van der Waals surface area contributed by atoms with Crippen LogP contribution in [0, 0.1) is 12.3 Å². The first-order valence-corrected chi connectivity index (χ1v) is 10.2. The van der Waals surface area contributed by atoms with Gasteiger partial charge in [-0.2, -0.15) is 5.10 Å². The van der Waals surface area contributed by atoms with Crippen LogP contribution in [0.4, 0.5) is 5.82 Å². The fourth-order valence-electron chi connectivity index (χ4n) is 4.53. The van der Waals surface area contributed by atoms with E-state index in [0.717, 1.165) is 40.3 Å². The van der Waals surface area contributed by atoms with Gasteiger partial charge >= 0.3 is 0 Å². The topological polar surface area (TPSA) is 46.9 Å². The van der Waals surface area contributed by atoms with Gasteiger partial charge in [0.05, 0.1) is 5.69 Å². The Kier molecular flexibility index (Phi) is 3.98. The van der Waals surface area contributed by atoms with Gasteiger partial charge in [0.15, 0.2) is 5.78 Å². The lowest BCUT2D eigenvalue weighted by molar-refractivity contribution is -0.118. The van der Waals surface area contributed by atoms with Crippen LogP contribution >= 0.6 is 0 Å². The number of nitrogens with zero attached hydrogens (tertiary/aromatic N) is 2. The van der Waals surface area contributed by atoms with E-state index in [-0.39, 0.29) is 17.2 Å². The Morgan fingerprint density at radius 2 is 1.76 bits per heavy atom. The van der Waals surface area contributed by atoms with Gasteiger partial charge in [-0.1, -0.05) is 74.0 Å². The number of fused-ring (bicyclic) bond motifs is 1. The average molecular weight is 383 g/mol. The molecule has 0 spiro atoms. The van der Waals surface area contributed by atoms with Gasteiger partial charge in [0, 0.05) is 29.3 Å². The number of Topliss-reactive ketones (excluding diaryl/α,β-unsaturated/α-hetero) is 1. The van der Waals surface area contributed by atoms with E-state index in [0.29, 0.717) is 6.42 Å². The molecule has 0 saturated heterocycles. The SMILES string of the molecule is Cc1ccc([C@H]2C3=C(CC(C)(C)CC3=O)Nc3cc(-c4ccccc4)nn32)cc1. The number of ketones is 1. The molecule has 1 atom stereocenters. The molecule has 2 aromatic carbocycles. The number of carbonyl (C=O) groups is 1. The van der Waals surface area contributed by atoms with Crippen LogP contribution in [0.2, 0.25) is 0 Å². The minimum atomic E-state index is -0.192. The normalized spacial score (nSPS) is 20.1. The minimum Gasteiger partial charge on any atom is -0.343 e. The lowest BCUT2D eigenvalue weighted by Gasteiger charge is -2.38. The first-order chi connectivity index (χ1) is 13.9. The number of anilines is 1. The van der Waals surface area contributed by atoms with Crippen LogP contribution in [0.15, 0.2) is 71.9 Å². The van der Waals surface area contributed by atoms with Gasteiger partial charge in [-0.3, -0.25) is 4.79 Å². The van der Waals surface area contributed by atoms with Crippen molar-refractivity contribution in [3.05, 3.63) is 83.1 Å². The molecule has 2 heterocycles. The fourth-order valence-corrected chi connectivity index (χ4v) is 4.53. The van der Waals surface area contributed by atoms with Crippen LogP contribution in [-0.2, 0) is 4.79 Å². The molecule has 4 nitrogen and oxygen atoms in total. The quantitative estimate of drug-likeness (QED) is 0.634. The standard InChI is InChI=1S/C25H25N3O/c1-16-9-11-18(12-10-16)24-23-20(14-25(2,3)15-21(23)29)26-22-13-19(27-28(22)24)17-7-5-4-6-8-17/h4-13,24,26H,14-15H2,1-3H3/t24-/m0/s1. The molecule has 0 bridgehead atoms. The van der Waals surface area contributed by atoms with Crippen molar-refractivity contribution in [2.75, 3.05) is 5.32 Å². The van der Waals surface area contributed by atoms with Crippen molar-refractivity contribution in [2.45, 2.75) is 39.7 Å². The van der Waals surface area contributed by atoms with Gasteiger partial charge < -0.3 is 5.32 Å². The highest BCUT2D eigenvalue weighted by atomic mass is 16.1. The zero-order chi connectivity index (χ0) is 20.2. The van der Waals surface area contributed by atoms with E-state index in [1.165, 1.54) is 5.56 Å². The maximum Gasteiger partial charge on any atom is 0.163 e. The Balaban J connectivity index is 1.69. The second-order valence-electron chi connectivity index (χ2n) is 9.00. The number of nitrogens with one attached hydrogen (secondary N) is 1. The smallest absolute Gasteiger partial charge is 0.163 e. The molecule has 4 heteroatoms. The van der Waals surface area contributed by atoms with Crippen LogP contribution in [0.1, 0.15) is 43.9 Å². The predicted molar refractivity (Wildman–Crippen MR) is 116 cm³/mol. The van der Waals surface area contributed by atoms with Gasteiger partial charge in [0.25, 0.3) is 0 Å². The first kappa shape index (κ1) is 17.9. The highest BCUT2D eigenvalue weighted by Gasteiger charge is 2.41. The summed E-state index contributed by atoms with van der Waals surface area (Å²) in [7, 11) is 0. The van der Waals surface area contributed by atoms with E-state index in [2.05, 4.69) is 68.6 Å². The Labute approximate surface area is 171 Å². The molecule has 1 aliphatic heterocycles. The third-order valence-electron chi connectivity index (χ3n) is 5.92. The molecule has 1 N–H and O–H groups in total. The highest BCUT2D eigenvalue weighted by molar-refractivity contribution is 6.00. The Morgan fingerprint density at radius 1 is 1.03 bits per heavy atom. The summed E-state index contributed by atoms with van der Waals surface area (Å²) in [5.74, 6) is 1.16. The van der Waals surface area contributed by atoms with Crippen LogP contribution < -0.4 is 5.32 Å². The molecule has 0 fully saturated rings. The molecule has 2 aliphatic rings. The summed E-state index contributed by atoms with van der Waals surface area (Å²) in [4.78, 5) is 13.2. The number of hydrogen-bond donors (Lipinski definition) is 1. The summed E-state index contributed by atoms with van der Waals surface area (Å²) in [6.07, 6.45) is 1.43. The number of allylic oxidation sites excluding steroid dienone is 2. The van der Waals surface area contributed by atoms with E-state index >= 15 is 0 Å².